The second-order valence-electron chi connectivity index (χ2n) is 6.75. The summed E-state index contributed by atoms with van der Waals surface area (Å²) in [6.45, 7) is 4.90. The summed E-state index contributed by atoms with van der Waals surface area (Å²) >= 11 is 0. The van der Waals surface area contributed by atoms with Gasteiger partial charge in [0.1, 0.15) is 0 Å². The van der Waals surface area contributed by atoms with Gasteiger partial charge in [0.25, 0.3) is 0 Å². The van der Waals surface area contributed by atoms with Gasteiger partial charge in [-0.25, -0.2) is 0 Å². The Morgan fingerprint density at radius 3 is 2.69 bits per heavy atom. The molecule has 0 aromatic carbocycles. The summed E-state index contributed by atoms with van der Waals surface area (Å²) in [6, 6.07) is 0. The maximum absolute atomic E-state index is 2.57. The molecular formula is C16H26. The van der Waals surface area contributed by atoms with E-state index in [0.717, 1.165) is 35.5 Å². The Morgan fingerprint density at radius 2 is 2.00 bits per heavy atom. The third-order valence-electron chi connectivity index (χ3n) is 5.48. The molecule has 90 valence electrons. The average Bonchev–Trinajstić information content (AvgIpc) is 3.07. The van der Waals surface area contributed by atoms with Crippen molar-refractivity contribution in [2.75, 3.05) is 0 Å². The molecule has 0 aromatic rings. The Morgan fingerprint density at radius 1 is 1.12 bits per heavy atom. The van der Waals surface area contributed by atoms with Crippen molar-refractivity contribution in [2.24, 2.45) is 35.5 Å². The summed E-state index contributed by atoms with van der Waals surface area (Å²) in [5, 5.41) is 0. The first-order valence-electron chi connectivity index (χ1n) is 7.44. The molecule has 0 radical (unpaired) electrons. The lowest BCUT2D eigenvalue weighted by atomic mass is 9.66. The first-order valence-corrected chi connectivity index (χ1v) is 7.44. The van der Waals surface area contributed by atoms with E-state index in [1.807, 2.05) is 0 Å². The van der Waals surface area contributed by atoms with E-state index in [4.69, 9.17) is 0 Å². The molecule has 0 bridgehead atoms. The lowest BCUT2D eigenvalue weighted by molar-refractivity contribution is 0.120. The van der Waals surface area contributed by atoms with Gasteiger partial charge in [-0.1, -0.05) is 26.0 Å². The van der Waals surface area contributed by atoms with Crippen molar-refractivity contribution < 1.29 is 0 Å². The molecule has 0 spiro atoms. The maximum atomic E-state index is 2.57. The highest BCUT2D eigenvalue weighted by Gasteiger charge is 2.51. The van der Waals surface area contributed by atoms with Gasteiger partial charge in [0.2, 0.25) is 0 Å². The van der Waals surface area contributed by atoms with Crippen LogP contribution in [0, 0.1) is 35.5 Å². The van der Waals surface area contributed by atoms with Gasteiger partial charge >= 0.3 is 0 Å². The molecule has 0 saturated heterocycles. The minimum atomic E-state index is 0.905. The molecule has 3 aliphatic rings. The number of hydrogen-bond acceptors (Lipinski definition) is 0. The van der Waals surface area contributed by atoms with Crippen molar-refractivity contribution in [3.05, 3.63) is 12.2 Å². The second kappa shape index (κ2) is 4.20. The Balaban J connectivity index is 1.78. The standard InChI is InChI=1S/C16H26/c1-11(2)14-9-8-13-10-15(13)16(14)12-6-4-3-5-7-12/h4,6,11-16H,3,5,7-10H2,1-2H3. The molecule has 0 heterocycles. The smallest absolute Gasteiger partial charge is 0.0200 e. The first-order chi connectivity index (χ1) is 7.77. The molecule has 0 N–H and O–H groups in total. The SMILES string of the molecule is CC(C)C1CCC2CC2C1C1C=CCCC1. The number of allylic oxidation sites excluding steroid dienone is 2. The van der Waals surface area contributed by atoms with Gasteiger partial charge in [0.15, 0.2) is 0 Å². The van der Waals surface area contributed by atoms with Gasteiger partial charge in [-0.3, -0.25) is 0 Å². The molecule has 0 amide bonds. The Labute approximate surface area is 101 Å². The van der Waals surface area contributed by atoms with E-state index in [2.05, 4.69) is 26.0 Å². The van der Waals surface area contributed by atoms with Gasteiger partial charge in [-0.05, 0) is 74.0 Å². The molecule has 5 atom stereocenters. The molecule has 16 heavy (non-hydrogen) atoms. The Bertz CT molecular complexity index is 276. The van der Waals surface area contributed by atoms with Gasteiger partial charge in [0.05, 0.1) is 0 Å². The van der Waals surface area contributed by atoms with Crippen molar-refractivity contribution >= 4 is 0 Å². The zero-order chi connectivity index (χ0) is 11.1. The van der Waals surface area contributed by atoms with Crippen LogP contribution in [0.4, 0.5) is 0 Å². The van der Waals surface area contributed by atoms with E-state index in [-0.39, 0.29) is 0 Å². The van der Waals surface area contributed by atoms with Crippen molar-refractivity contribution in [1.29, 1.82) is 0 Å². The predicted molar refractivity (Wildman–Crippen MR) is 69.1 cm³/mol. The second-order valence-corrected chi connectivity index (χ2v) is 6.75. The molecule has 0 nitrogen and oxygen atoms in total. The van der Waals surface area contributed by atoms with Crippen LogP contribution < -0.4 is 0 Å². The van der Waals surface area contributed by atoms with Crippen LogP contribution in [0.25, 0.3) is 0 Å². The summed E-state index contributed by atoms with van der Waals surface area (Å²) in [6.07, 6.45) is 13.9. The van der Waals surface area contributed by atoms with Crippen LogP contribution in [0.2, 0.25) is 0 Å². The molecular weight excluding hydrogens is 192 g/mol. The number of rotatable bonds is 2. The lowest BCUT2D eigenvalue weighted by Gasteiger charge is -2.39. The monoisotopic (exact) mass is 218 g/mol. The third kappa shape index (κ3) is 1.85. The van der Waals surface area contributed by atoms with Crippen LogP contribution in [0.5, 0.6) is 0 Å². The van der Waals surface area contributed by atoms with E-state index in [0.29, 0.717) is 0 Å². The van der Waals surface area contributed by atoms with Crippen molar-refractivity contribution in [2.45, 2.75) is 52.4 Å². The van der Waals surface area contributed by atoms with Crippen molar-refractivity contribution in [3.8, 4) is 0 Å². The summed E-state index contributed by atoms with van der Waals surface area (Å²) in [5.74, 6) is 6.18. The zero-order valence-electron chi connectivity index (χ0n) is 10.9. The van der Waals surface area contributed by atoms with E-state index < -0.39 is 0 Å². The van der Waals surface area contributed by atoms with Crippen LogP contribution in [-0.4, -0.2) is 0 Å². The van der Waals surface area contributed by atoms with Gasteiger partial charge in [0, 0.05) is 0 Å². The Hall–Kier alpha value is -0.260. The van der Waals surface area contributed by atoms with Gasteiger partial charge in [-0.15, -0.1) is 0 Å². The van der Waals surface area contributed by atoms with E-state index in [9.17, 15) is 0 Å². The summed E-state index contributed by atoms with van der Waals surface area (Å²) in [4.78, 5) is 0. The predicted octanol–water partition coefficient (Wildman–Crippen LogP) is 4.66. The molecule has 0 aromatic heterocycles. The van der Waals surface area contributed by atoms with E-state index in [1.165, 1.54) is 25.7 Å². The normalized spacial score (nSPS) is 46.8. The minimum absolute atomic E-state index is 0.905. The number of fused-ring (bicyclic) bond motifs is 1. The summed E-state index contributed by atoms with van der Waals surface area (Å²) < 4.78 is 0. The first kappa shape index (κ1) is 10.9. The van der Waals surface area contributed by atoms with E-state index >= 15 is 0 Å². The van der Waals surface area contributed by atoms with Crippen LogP contribution in [0.1, 0.15) is 52.4 Å². The molecule has 3 aliphatic carbocycles. The zero-order valence-corrected chi connectivity index (χ0v) is 10.9. The van der Waals surface area contributed by atoms with Gasteiger partial charge < -0.3 is 0 Å². The summed E-state index contributed by atoms with van der Waals surface area (Å²) in [7, 11) is 0. The van der Waals surface area contributed by atoms with Crippen molar-refractivity contribution in [3.63, 3.8) is 0 Å². The minimum Gasteiger partial charge on any atom is -0.0882 e. The molecule has 3 rings (SSSR count). The Kier molecular flexibility index (Phi) is 2.85. The van der Waals surface area contributed by atoms with E-state index in [1.54, 1.807) is 12.8 Å². The highest BCUT2D eigenvalue weighted by molar-refractivity contribution is 5.06. The van der Waals surface area contributed by atoms with Crippen LogP contribution in [0.15, 0.2) is 12.2 Å². The number of hydrogen-bond donors (Lipinski definition) is 0. The molecule has 2 fully saturated rings. The lowest BCUT2D eigenvalue weighted by Crippen LogP contribution is -2.32. The van der Waals surface area contributed by atoms with Crippen LogP contribution in [0.3, 0.4) is 0 Å². The molecule has 0 aliphatic heterocycles. The third-order valence-corrected chi connectivity index (χ3v) is 5.48. The largest absolute Gasteiger partial charge is 0.0882 e. The molecule has 0 heteroatoms. The van der Waals surface area contributed by atoms with Gasteiger partial charge in [-0.2, -0.15) is 0 Å². The highest BCUT2D eigenvalue weighted by Crippen LogP contribution is 2.59. The van der Waals surface area contributed by atoms with Crippen molar-refractivity contribution in [1.82, 2.24) is 0 Å². The topological polar surface area (TPSA) is 0 Å². The molecule has 2 saturated carbocycles. The fourth-order valence-electron chi connectivity index (χ4n) is 4.56. The quantitative estimate of drug-likeness (QED) is 0.591. The summed E-state index contributed by atoms with van der Waals surface area (Å²) in [5.41, 5.74) is 0. The fourth-order valence-corrected chi connectivity index (χ4v) is 4.56. The van der Waals surface area contributed by atoms with Crippen LogP contribution in [-0.2, 0) is 0 Å². The average molecular weight is 218 g/mol. The highest BCUT2D eigenvalue weighted by atomic mass is 14.6. The maximum Gasteiger partial charge on any atom is -0.0200 e. The fraction of sp³-hybridized carbons (Fsp3) is 0.875. The molecule has 5 unspecified atom stereocenters. The van der Waals surface area contributed by atoms with Crippen LogP contribution >= 0.6 is 0 Å².